The van der Waals surface area contributed by atoms with Crippen LogP contribution in [0.15, 0.2) is 11.0 Å². The van der Waals surface area contributed by atoms with E-state index in [0.29, 0.717) is 25.3 Å². The number of ether oxygens (including phenoxy) is 1. The highest BCUT2D eigenvalue weighted by Crippen LogP contribution is 2.55. The zero-order valence-electron chi connectivity index (χ0n) is 20.7. The van der Waals surface area contributed by atoms with Gasteiger partial charge in [-0.15, -0.1) is 11.3 Å². The minimum absolute atomic E-state index is 0.123. The number of hydrogen-bond acceptors (Lipinski definition) is 6. The molecule has 2 aliphatic heterocycles. The van der Waals surface area contributed by atoms with E-state index in [1.54, 1.807) is 11.3 Å². The summed E-state index contributed by atoms with van der Waals surface area (Å²) in [7, 11) is 0. The van der Waals surface area contributed by atoms with Crippen LogP contribution < -0.4 is 5.32 Å². The number of rotatable bonds is 2. The molecule has 3 unspecified atom stereocenters. The van der Waals surface area contributed by atoms with E-state index >= 15 is 0 Å². The van der Waals surface area contributed by atoms with Crippen LogP contribution in [0.1, 0.15) is 103 Å². The van der Waals surface area contributed by atoms with Gasteiger partial charge in [0.2, 0.25) is 0 Å². The molecular formula is C26H40N2O3S. The van der Waals surface area contributed by atoms with Crippen LogP contribution in [0, 0.1) is 12.3 Å². The monoisotopic (exact) mass is 460 g/mol. The van der Waals surface area contributed by atoms with Gasteiger partial charge >= 0.3 is 5.97 Å². The molecule has 2 fully saturated rings. The number of ketones is 1. The molecule has 3 atom stereocenters. The van der Waals surface area contributed by atoms with Crippen LogP contribution >= 0.6 is 11.3 Å². The molecule has 0 aromatic carbocycles. The van der Waals surface area contributed by atoms with Crippen molar-refractivity contribution < 1.29 is 14.3 Å². The molecule has 3 rings (SSSR count). The molecule has 0 amide bonds. The molecule has 178 valence electrons. The molecule has 1 aromatic heterocycles. The average molecular weight is 461 g/mol. The van der Waals surface area contributed by atoms with Crippen LogP contribution in [0.5, 0.6) is 0 Å². The topological polar surface area (TPSA) is 78.2 Å². The highest BCUT2D eigenvalue weighted by molar-refractivity contribution is 7.09. The Bertz CT molecular complexity index is 874. The Balaban J connectivity index is 1.91. The van der Waals surface area contributed by atoms with Crippen LogP contribution in [0.25, 0.3) is 6.08 Å². The summed E-state index contributed by atoms with van der Waals surface area (Å²) in [6.45, 7) is 12.8. The summed E-state index contributed by atoms with van der Waals surface area (Å²) in [4.78, 5) is 29.7. The second kappa shape index (κ2) is 9.76. The number of fused-ring (bicyclic) bond motifs is 1. The second-order valence-electron chi connectivity index (χ2n) is 10.5. The Morgan fingerprint density at radius 3 is 2.47 bits per heavy atom. The van der Waals surface area contributed by atoms with Gasteiger partial charge < -0.3 is 10.1 Å². The van der Waals surface area contributed by atoms with E-state index in [-0.39, 0.29) is 29.1 Å². The van der Waals surface area contributed by atoms with Gasteiger partial charge in [-0.2, -0.15) is 0 Å². The van der Waals surface area contributed by atoms with Crippen molar-refractivity contribution in [2.75, 3.05) is 0 Å². The fraction of sp³-hybridized carbons (Fsp3) is 0.731. The van der Waals surface area contributed by atoms with Crippen molar-refractivity contribution in [2.45, 2.75) is 117 Å². The zero-order chi connectivity index (χ0) is 23.6. The molecular weight excluding hydrogens is 420 g/mol. The van der Waals surface area contributed by atoms with Crippen LogP contribution in [0.2, 0.25) is 0 Å². The molecule has 0 spiro atoms. The van der Waals surface area contributed by atoms with Crippen LogP contribution in [-0.2, 0) is 14.3 Å². The van der Waals surface area contributed by atoms with E-state index in [9.17, 15) is 9.59 Å². The number of hydrogen-bond donors (Lipinski definition) is 1. The summed E-state index contributed by atoms with van der Waals surface area (Å²) >= 11 is 1.62. The predicted molar refractivity (Wildman–Crippen MR) is 131 cm³/mol. The number of carbonyl (C=O) groups excluding carboxylic acids is 2. The van der Waals surface area contributed by atoms with Crippen molar-refractivity contribution in [1.82, 2.24) is 10.3 Å². The lowest BCUT2D eigenvalue weighted by Gasteiger charge is -2.48. The van der Waals surface area contributed by atoms with Gasteiger partial charge in [0.05, 0.1) is 10.7 Å². The SMILES string of the molecule is CC(=Cc1csc(C)n1)C1(C)OC(=O)CCCC(=O)CCCCCCC2NC2(C)C1(C)C. The maximum Gasteiger partial charge on any atom is 0.306 e. The third-order valence-corrected chi connectivity index (χ3v) is 8.98. The summed E-state index contributed by atoms with van der Waals surface area (Å²) in [5.41, 5.74) is 0.619. The Labute approximate surface area is 197 Å². The number of aromatic nitrogens is 1. The van der Waals surface area contributed by atoms with Gasteiger partial charge in [-0.05, 0) is 58.6 Å². The van der Waals surface area contributed by atoms with E-state index in [1.165, 1.54) is 0 Å². The largest absolute Gasteiger partial charge is 0.454 e. The van der Waals surface area contributed by atoms with Crippen molar-refractivity contribution in [1.29, 1.82) is 0 Å². The van der Waals surface area contributed by atoms with Gasteiger partial charge in [0, 0.05) is 41.6 Å². The summed E-state index contributed by atoms with van der Waals surface area (Å²) in [5, 5.41) is 6.80. The number of thiazole rings is 1. The fourth-order valence-corrected chi connectivity index (χ4v) is 5.73. The summed E-state index contributed by atoms with van der Waals surface area (Å²) < 4.78 is 6.31. The van der Waals surface area contributed by atoms with E-state index in [1.807, 2.05) is 26.2 Å². The van der Waals surface area contributed by atoms with Gasteiger partial charge in [-0.3, -0.25) is 9.59 Å². The van der Waals surface area contributed by atoms with Crippen molar-refractivity contribution >= 4 is 29.2 Å². The van der Waals surface area contributed by atoms with Gasteiger partial charge in [-0.25, -0.2) is 4.98 Å². The minimum Gasteiger partial charge on any atom is -0.454 e. The molecule has 2 aliphatic rings. The number of Topliss-reactive ketones (excluding diaryl/α,β-unsaturated/α-hetero) is 1. The van der Waals surface area contributed by atoms with E-state index in [2.05, 4.69) is 37.1 Å². The van der Waals surface area contributed by atoms with Crippen molar-refractivity contribution in [2.24, 2.45) is 5.41 Å². The standard InChI is InChI=1S/C26H40N2O3S/c1-18(16-20-17-32-19(2)27-20)26(6)24(3,4)25(5)22(28-25)14-10-8-7-9-12-21(29)13-11-15-23(30)31-26/h16-17,22,28H,7-15H2,1-6H3. The van der Waals surface area contributed by atoms with Crippen molar-refractivity contribution in [3.8, 4) is 0 Å². The van der Waals surface area contributed by atoms with E-state index < -0.39 is 5.60 Å². The minimum atomic E-state index is -0.806. The Morgan fingerprint density at radius 1 is 1.09 bits per heavy atom. The second-order valence-corrected chi connectivity index (χ2v) is 11.6. The number of nitrogens with zero attached hydrogens (tertiary/aromatic N) is 1. The van der Waals surface area contributed by atoms with Crippen LogP contribution in [0.3, 0.4) is 0 Å². The number of esters is 1. The fourth-order valence-electron chi connectivity index (χ4n) is 5.16. The Kier molecular flexibility index (Phi) is 7.66. The summed E-state index contributed by atoms with van der Waals surface area (Å²) in [6.07, 6.45) is 9.46. The zero-order valence-corrected chi connectivity index (χ0v) is 21.5. The third kappa shape index (κ3) is 5.17. The summed E-state index contributed by atoms with van der Waals surface area (Å²) in [6, 6.07) is 0.402. The van der Waals surface area contributed by atoms with Gasteiger partial charge in [0.25, 0.3) is 0 Å². The van der Waals surface area contributed by atoms with Gasteiger partial charge in [0.15, 0.2) is 0 Å². The molecule has 6 heteroatoms. The molecule has 3 heterocycles. The normalized spacial score (nSPS) is 32.8. The maximum absolute atomic E-state index is 13.0. The molecule has 0 saturated carbocycles. The third-order valence-electron chi connectivity index (χ3n) is 8.19. The number of aryl methyl sites for hydroxylation is 1. The molecule has 32 heavy (non-hydrogen) atoms. The lowest BCUT2D eigenvalue weighted by molar-refractivity contribution is -0.167. The quantitative estimate of drug-likeness (QED) is 0.432. The predicted octanol–water partition coefficient (Wildman–Crippen LogP) is 6.01. The molecule has 2 saturated heterocycles. The van der Waals surface area contributed by atoms with E-state index in [0.717, 1.165) is 48.4 Å². The highest BCUT2D eigenvalue weighted by atomic mass is 32.1. The summed E-state index contributed by atoms with van der Waals surface area (Å²) in [5.74, 6) is 0.0304. The lowest BCUT2D eigenvalue weighted by atomic mass is 9.62. The molecule has 0 radical (unpaired) electrons. The molecule has 0 aliphatic carbocycles. The van der Waals surface area contributed by atoms with Crippen LogP contribution in [-0.4, -0.2) is 33.9 Å². The molecule has 5 nitrogen and oxygen atoms in total. The van der Waals surface area contributed by atoms with Crippen molar-refractivity contribution in [3.63, 3.8) is 0 Å². The van der Waals surface area contributed by atoms with Gasteiger partial charge in [-0.1, -0.05) is 33.1 Å². The Morgan fingerprint density at radius 2 is 1.78 bits per heavy atom. The lowest BCUT2D eigenvalue weighted by Crippen LogP contribution is -2.55. The number of carbonyl (C=O) groups is 2. The van der Waals surface area contributed by atoms with Crippen molar-refractivity contribution in [3.05, 3.63) is 21.7 Å². The smallest absolute Gasteiger partial charge is 0.306 e. The first kappa shape index (κ1) is 25.1. The number of cyclic esters (lactones) is 1. The Hall–Kier alpha value is -1.53. The molecule has 1 N–H and O–H groups in total. The molecule has 0 bridgehead atoms. The average Bonchev–Trinajstić information content (AvgIpc) is 3.22. The number of nitrogens with one attached hydrogen (secondary N) is 1. The molecule has 1 aromatic rings. The first-order chi connectivity index (χ1) is 15.0. The van der Waals surface area contributed by atoms with Crippen LogP contribution in [0.4, 0.5) is 0 Å². The highest BCUT2D eigenvalue weighted by Gasteiger charge is 2.66. The maximum atomic E-state index is 13.0. The van der Waals surface area contributed by atoms with Gasteiger partial charge in [0.1, 0.15) is 11.4 Å². The first-order valence-corrected chi connectivity index (χ1v) is 13.0. The first-order valence-electron chi connectivity index (χ1n) is 12.1. The van der Waals surface area contributed by atoms with E-state index in [4.69, 9.17) is 4.74 Å².